The molecule has 104 valence electrons. The Morgan fingerprint density at radius 1 is 1.00 bits per heavy atom. The SMILES string of the molecule is C=C(C)C(=O)OCCc1c(F)c(F)c(F)c(F)c1F. The second-order valence-corrected chi connectivity index (χ2v) is 3.71. The summed E-state index contributed by atoms with van der Waals surface area (Å²) < 4.78 is 69.3. The zero-order valence-corrected chi connectivity index (χ0v) is 9.83. The van der Waals surface area contributed by atoms with Crippen LogP contribution < -0.4 is 0 Å². The van der Waals surface area contributed by atoms with Crippen molar-refractivity contribution in [3.8, 4) is 0 Å². The molecule has 0 aliphatic carbocycles. The molecule has 2 nitrogen and oxygen atoms in total. The summed E-state index contributed by atoms with van der Waals surface area (Å²) in [7, 11) is 0. The zero-order valence-electron chi connectivity index (χ0n) is 9.83. The van der Waals surface area contributed by atoms with Crippen LogP contribution in [0.25, 0.3) is 0 Å². The second kappa shape index (κ2) is 5.81. The molecule has 0 N–H and O–H groups in total. The smallest absolute Gasteiger partial charge is 0.333 e. The maximum Gasteiger partial charge on any atom is 0.333 e. The monoisotopic (exact) mass is 280 g/mol. The van der Waals surface area contributed by atoms with E-state index in [0.29, 0.717) is 0 Å². The predicted octanol–water partition coefficient (Wildman–Crippen LogP) is 3.04. The van der Waals surface area contributed by atoms with Crippen molar-refractivity contribution < 1.29 is 31.5 Å². The van der Waals surface area contributed by atoms with Crippen LogP contribution in [0.15, 0.2) is 12.2 Å². The highest BCUT2D eigenvalue weighted by molar-refractivity contribution is 5.86. The minimum Gasteiger partial charge on any atom is -0.462 e. The molecular formula is C12H9F5O2. The number of ether oxygens (including phenoxy) is 1. The number of hydrogen-bond acceptors (Lipinski definition) is 2. The molecule has 7 heteroatoms. The lowest BCUT2D eigenvalue weighted by Gasteiger charge is -2.08. The van der Waals surface area contributed by atoms with Gasteiger partial charge in [0.25, 0.3) is 0 Å². The van der Waals surface area contributed by atoms with Gasteiger partial charge in [0.15, 0.2) is 23.3 Å². The second-order valence-electron chi connectivity index (χ2n) is 3.71. The van der Waals surface area contributed by atoms with Crippen LogP contribution in [0.1, 0.15) is 12.5 Å². The Hall–Kier alpha value is -1.92. The maximum absolute atomic E-state index is 13.2. The molecule has 19 heavy (non-hydrogen) atoms. The highest BCUT2D eigenvalue weighted by Crippen LogP contribution is 2.23. The van der Waals surface area contributed by atoms with Crippen molar-refractivity contribution in [2.75, 3.05) is 6.61 Å². The van der Waals surface area contributed by atoms with Crippen LogP contribution in [0.3, 0.4) is 0 Å². The standard InChI is InChI=1S/C12H9F5O2/c1-5(2)12(18)19-4-3-6-7(13)9(15)11(17)10(16)8(6)14/h1,3-4H2,2H3. The van der Waals surface area contributed by atoms with Crippen LogP contribution in [0.5, 0.6) is 0 Å². The van der Waals surface area contributed by atoms with Crippen molar-refractivity contribution in [2.24, 2.45) is 0 Å². The van der Waals surface area contributed by atoms with Gasteiger partial charge in [-0.05, 0) is 6.92 Å². The topological polar surface area (TPSA) is 26.3 Å². The number of esters is 1. The molecule has 0 amide bonds. The fourth-order valence-electron chi connectivity index (χ4n) is 1.24. The first-order valence-corrected chi connectivity index (χ1v) is 5.10. The van der Waals surface area contributed by atoms with E-state index in [9.17, 15) is 26.7 Å². The van der Waals surface area contributed by atoms with Crippen LogP contribution in [0.4, 0.5) is 22.0 Å². The van der Waals surface area contributed by atoms with E-state index in [1.165, 1.54) is 6.92 Å². The highest BCUT2D eigenvalue weighted by atomic mass is 19.2. The Morgan fingerprint density at radius 3 is 1.84 bits per heavy atom. The van der Waals surface area contributed by atoms with E-state index < -0.39 is 53.6 Å². The molecule has 0 saturated carbocycles. The van der Waals surface area contributed by atoms with Crippen molar-refractivity contribution in [1.82, 2.24) is 0 Å². The van der Waals surface area contributed by atoms with Crippen molar-refractivity contribution in [3.63, 3.8) is 0 Å². The fourth-order valence-corrected chi connectivity index (χ4v) is 1.24. The van der Waals surface area contributed by atoms with Crippen molar-refractivity contribution in [3.05, 3.63) is 46.8 Å². The third-order valence-corrected chi connectivity index (χ3v) is 2.23. The number of carbonyl (C=O) groups excluding carboxylic acids is 1. The molecule has 0 aliphatic rings. The summed E-state index contributed by atoms with van der Waals surface area (Å²) in [4.78, 5) is 11.0. The largest absolute Gasteiger partial charge is 0.462 e. The van der Waals surface area contributed by atoms with E-state index in [1.807, 2.05) is 0 Å². The van der Waals surface area contributed by atoms with Gasteiger partial charge in [0, 0.05) is 17.6 Å². The van der Waals surface area contributed by atoms with E-state index >= 15 is 0 Å². The Morgan fingerprint density at radius 2 is 1.42 bits per heavy atom. The molecule has 1 aromatic rings. The summed E-state index contributed by atoms with van der Waals surface area (Å²) >= 11 is 0. The number of hydrogen-bond donors (Lipinski definition) is 0. The van der Waals surface area contributed by atoms with E-state index in [2.05, 4.69) is 11.3 Å². The van der Waals surface area contributed by atoms with Gasteiger partial charge in [-0.25, -0.2) is 26.7 Å². The Balaban J connectivity index is 2.91. The molecule has 0 spiro atoms. The number of halogens is 5. The Kier molecular flexibility index (Phi) is 4.63. The third-order valence-electron chi connectivity index (χ3n) is 2.23. The molecular weight excluding hydrogens is 271 g/mol. The fraction of sp³-hybridized carbons (Fsp3) is 0.250. The zero-order chi connectivity index (χ0) is 14.7. The lowest BCUT2D eigenvalue weighted by molar-refractivity contribution is -0.138. The van der Waals surface area contributed by atoms with Crippen molar-refractivity contribution >= 4 is 5.97 Å². The van der Waals surface area contributed by atoms with Gasteiger partial charge in [-0.2, -0.15) is 0 Å². The minimum absolute atomic E-state index is 0.0532. The van der Waals surface area contributed by atoms with Crippen LogP contribution >= 0.6 is 0 Å². The summed E-state index contributed by atoms with van der Waals surface area (Å²) in [5, 5.41) is 0. The summed E-state index contributed by atoms with van der Waals surface area (Å²) in [6, 6.07) is 0. The van der Waals surface area contributed by atoms with Crippen molar-refractivity contribution in [1.29, 1.82) is 0 Å². The summed E-state index contributed by atoms with van der Waals surface area (Å²) in [6.45, 7) is 4.09. The van der Waals surface area contributed by atoms with Gasteiger partial charge in [0.1, 0.15) is 0 Å². The maximum atomic E-state index is 13.2. The van der Waals surface area contributed by atoms with Crippen molar-refractivity contribution in [2.45, 2.75) is 13.3 Å². The summed E-state index contributed by atoms with van der Waals surface area (Å²) in [6.07, 6.45) is -0.634. The third kappa shape index (κ3) is 3.10. The molecule has 1 aromatic carbocycles. The minimum atomic E-state index is -2.22. The molecule has 0 aliphatic heterocycles. The lowest BCUT2D eigenvalue weighted by Crippen LogP contribution is -2.12. The predicted molar refractivity (Wildman–Crippen MR) is 55.7 cm³/mol. The average Bonchev–Trinajstić information content (AvgIpc) is 2.37. The molecule has 0 fully saturated rings. The van der Waals surface area contributed by atoms with Gasteiger partial charge in [-0.1, -0.05) is 6.58 Å². The Labute approximate surface area is 105 Å². The Bertz CT molecular complexity index is 510. The lowest BCUT2D eigenvalue weighted by atomic mass is 10.1. The number of benzene rings is 1. The first-order valence-electron chi connectivity index (χ1n) is 5.10. The van der Waals surface area contributed by atoms with Crippen LogP contribution in [-0.2, 0) is 16.0 Å². The highest BCUT2D eigenvalue weighted by Gasteiger charge is 2.25. The summed E-state index contributed by atoms with van der Waals surface area (Å²) in [5.41, 5.74) is -0.969. The molecule has 0 aromatic heterocycles. The van der Waals surface area contributed by atoms with E-state index in [4.69, 9.17) is 0 Å². The van der Waals surface area contributed by atoms with Gasteiger partial charge in [-0.15, -0.1) is 0 Å². The van der Waals surface area contributed by atoms with Gasteiger partial charge in [0.05, 0.1) is 6.61 Å². The number of rotatable bonds is 4. The van der Waals surface area contributed by atoms with Crippen LogP contribution in [0, 0.1) is 29.1 Å². The first-order chi connectivity index (χ1) is 8.77. The molecule has 0 unspecified atom stereocenters. The average molecular weight is 280 g/mol. The quantitative estimate of drug-likeness (QED) is 0.278. The van der Waals surface area contributed by atoms with Gasteiger partial charge >= 0.3 is 5.97 Å². The molecule has 1 rings (SSSR count). The van der Waals surface area contributed by atoms with Gasteiger partial charge in [-0.3, -0.25) is 0 Å². The van der Waals surface area contributed by atoms with Gasteiger partial charge < -0.3 is 4.74 Å². The molecule has 0 saturated heterocycles. The van der Waals surface area contributed by atoms with Gasteiger partial charge in [0.2, 0.25) is 5.82 Å². The summed E-state index contributed by atoms with van der Waals surface area (Å²) in [5.74, 6) is -11.0. The van der Waals surface area contributed by atoms with E-state index in [-0.39, 0.29) is 5.57 Å². The van der Waals surface area contributed by atoms with Crippen LogP contribution in [0.2, 0.25) is 0 Å². The molecule has 0 radical (unpaired) electrons. The van der Waals surface area contributed by atoms with E-state index in [0.717, 1.165) is 0 Å². The van der Waals surface area contributed by atoms with Crippen LogP contribution in [-0.4, -0.2) is 12.6 Å². The molecule has 0 bridgehead atoms. The number of carbonyl (C=O) groups is 1. The molecule has 0 atom stereocenters. The normalized spacial score (nSPS) is 10.4. The van der Waals surface area contributed by atoms with E-state index in [1.54, 1.807) is 0 Å². The molecule has 0 heterocycles. The first kappa shape index (κ1) is 15.1.